The fourth-order valence-corrected chi connectivity index (χ4v) is 5.02. The van der Waals surface area contributed by atoms with Gasteiger partial charge in [-0.05, 0) is 31.2 Å². The first-order valence-electron chi connectivity index (χ1n) is 8.24. The van der Waals surface area contributed by atoms with E-state index in [1.54, 1.807) is 4.31 Å². The van der Waals surface area contributed by atoms with Crippen LogP contribution in [-0.4, -0.2) is 36.4 Å². The van der Waals surface area contributed by atoms with E-state index >= 15 is 0 Å². The molecule has 6 heteroatoms. The van der Waals surface area contributed by atoms with Crippen molar-refractivity contribution in [1.29, 1.82) is 0 Å². The number of carboxylic acid groups (broad SMARTS) is 1. The van der Waals surface area contributed by atoms with Crippen molar-refractivity contribution >= 4 is 16.0 Å². The van der Waals surface area contributed by atoms with Crippen LogP contribution < -0.4 is 0 Å². The van der Waals surface area contributed by atoms with Gasteiger partial charge in [-0.15, -0.1) is 0 Å². The molecule has 1 atom stereocenters. The maximum Gasteiger partial charge on any atom is 0.303 e. The van der Waals surface area contributed by atoms with Crippen LogP contribution in [-0.2, 0) is 20.6 Å². The maximum atomic E-state index is 12.6. The number of nitrogens with zero attached hydrogens (tertiary/aromatic N) is 1. The first kappa shape index (κ1) is 17.9. The van der Waals surface area contributed by atoms with Crippen LogP contribution in [0.25, 0.3) is 0 Å². The number of unbranched alkanes of at least 4 members (excludes halogenated alkanes) is 2. The Balaban J connectivity index is 1.86. The minimum atomic E-state index is -3.28. The Labute approximate surface area is 138 Å². The Bertz CT molecular complexity index is 600. The highest BCUT2D eigenvalue weighted by atomic mass is 32.2. The number of hydrogen-bond acceptors (Lipinski definition) is 3. The number of carbonyl (C=O) groups is 1. The number of sulfonamides is 1. The van der Waals surface area contributed by atoms with Gasteiger partial charge in [0.1, 0.15) is 0 Å². The molecule has 0 aliphatic carbocycles. The summed E-state index contributed by atoms with van der Waals surface area (Å²) in [6, 6.07) is 9.35. The molecule has 1 fully saturated rings. The van der Waals surface area contributed by atoms with Gasteiger partial charge in [-0.1, -0.05) is 43.2 Å². The van der Waals surface area contributed by atoms with Gasteiger partial charge in [0.2, 0.25) is 10.0 Å². The minimum Gasteiger partial charge on any atom is -0.481 e. The van der Waals surface area contributed by atoms with Crippen LogP contribution in [0, 0.1) is 0 Å². The summed E-state index contributed by atoms with van der Waals surface area (Å²) in [6.45, 7) is 0.606. The van der Waals surface area contributed by atoms with Crippen molar-refractivity contribution in [2.75, 3.05) is 6.54 Å². The third-order valence-corrected chi connectivity index (χ3v) is 6.19. The molecule has 1 aliphatic heterocycles. The van der Waals surface area contributed by atoms with Crippen molar-refractivity contribution < 1.29 is 18.3 Å². The van der Waals surface area contributed by atoms with Crippen molar-refractivity contribution in [1.82, 2.24) is 4.31 Å². The van der Waals surface area contributed by atoms with Gasteiger partial charge in [-0.25, -0.2) is 8.42 Å². The Morgan fingerprint density at radius 3 is 2.61 bits per heavy atom. The van der Waals surface area contributed by atoms with E-state index in [2.05, 4.69) is 0 Å². The third kappa shape index (κ3) is 5.62. The molecule has 23 heavy (non-hydrogen) atoms. The SMILES string of the molecule is O=C(O)CCCCCC1CCCN1S(=O)(=O)Cc1ccccc1. The average molecular weight is 339 g/mol. The molecule has 5 nitrogen and oxygen atoms in total. The van der Waals surface area contributed by atoms with E-state index in [1.165, 1.54) is 0 Å². The Morgan fingerprint density at radius 1 is 1.17 bits per heavy atom. The zero-order valence-electron chi connectivity index (χ0n) is 13.4. The summed E-state index contributed by atoms with van der Waals surface area (Å²) < 4.78 is 26.9. The lowest BCUT2D eigenvalue weighted by Gasteiger charge is -2.24. The second-order valence-electron chi connectivity index (χ2n) is 6.14. The van der Waals surface area contributed by atoms with Crippen LogP contribution in [0.3, 0.4) is 0 Å². The van der Waals surface area contributed by atoms with E-state index in [1.807, 2.05) is 30.3 Å². The van der Waals surface area contributed by atoms with E-state index in [9.17, 15) is 13.2 Å². The molecule has 2 rings (SSSR count). The largest absolute Gasteiger partial charge is 0.481 e. The molecular formula is C17H25NO4S. The predicted octanol–water partition coefficient (Wildman–Crippen LogP) is 3.02. The van der Waals surface area contributed by atoms with Gasteiger partial charge in [0.05, 0.1) is 5.75 Å². The minimum absolute atomic E-state index is 0.0589. The van der Waals surface area contributed by atoms with Crippen LogP contribution in [0.5, 0.6) is 0 Å². The topological polar surface area (TPSA) is 74.7 Å². The zero-order valence-corrected chi connectivity index (χ0v) is 14.2. The van der Waals surface area contributed by atoms with Gasteiger partial charge < -0.3 is 5.11 Å². The normalized spacial score (nSPS) is 19.0. The average Bonchev–Trinajstić information content (AvgIpc) is 2.96. The molecule has 1 aromatic carbocycles. The number of carboxylic acids is 1. The van der Waals surface area contributed by atoms with E-state index in [4.69, 9.17) is 5.11 Å². The second kappa shape index (κ2) is 8.45. The van der Waals surface area contributed by atoms with Gasteiger partial charge in [0.25, 0.3) is 0 Å². The van der Waals surface area contributed by atoms with Crippen LogP contribution in [0.4, 0.5) is 0 Å². The summed E-state index contributed by atoms with van der Waals surface area (Å²) in [5.41, 5.74) is 0.819. The van der Waals surface area contributed by atoms with E-state index in [-0.39, 0.29) is 18.2 Å². The maximum absolute atomic E-state index is 12.6. The summed E-state index contributed by atoms with van der Waals surface area (Å²) in [4.78, 5) is 10.5. The molecule has 0 radical (unpaired) electrons. The first-order chi connectivity index (χ1) is 11.0. The third-order valence-electron chi connectivity index (χ3n) is 4.30. The fraction of sp³-hybridized carbons (Fsp3) is 0.588. The highest BCUT2D eigenvalue weighted by molar-refractivity contribution is 7.88. The van der Waals surface area contributed by atoms with E-state index < -0.39 is 16.0 Å². The summed E-state index contributed by atoms with van der Waals surface area (Å²) in [5, 5.41) is 8.63. The zero-order chi connectivity index (χ0) is 16.7. The van der Waals surface area contributed by atoms with Crippen molar-refractivity contribution in [3.05, 3.63) is 35.9 Å². The number of hydrogen-bond donors (Lipinski definition) is 1. The summed E-state index contributed by atoms with van der Waals surface area (Å²) in [6.07, 6.45) is 5.23. The predicted molar refractivity (Wildman–Crippen MR) is 89.5 cm³/mol. The highest BCUT2D eigenvalue weighted by Gasteiger charge is 2.33. The van der Waals surface area contributed by atoms with Crippen LogP contribution in [0.15, 0.2) is 30.3 Å². The first-order valence-corrected chi connectivity index (χ1v) is 9.85. The Kier molecular flexibility index (Phi) is 6.59. The summed E-state index contributed by atoms with van der Waals surface area (Å²) in [7, 11) is -3.28. The molecule has 1 heterocycles. The molecule has 1 aliphatic rings. The van der Waals surface area contributed by atoms with E-state index in [0.717, 1.165) is 37.7 Å². The standard InChI is InChI=1S/C17H25NO4S/c19-17(20)12-6-2-5-10-16-11-7-13-18(16)23(21,22)14-15-8-3-1-4-9-15/h1,3-4,8-9,16H,2,5-7,10-14H2,(H,19,20). The fourth-order valence-electron chi connectivity index (χ4n) is 3.16. The number of rotatable bonds is 9. The summed E-state index contributed by atoms with van der Waals surface area (Å²) in [5.74, 6) is -0.707. The highest BCUT2D eigenvalue weighted by Crippen LogP contribution is 2.27. The van der Waals surface area contributed by atoms with Crippen molar-refractivity contribution in [2.24, 2.45) is 0 Å². The van der Waals surface area contributed by atoms with Gasteiger partial charge in [-0.2, -0.15) is 4.31 Å². The Morgan fingerprint density at radius 2 is 1.91 bits per heavy atom. The lowest BCUT2D eigenvalue weighted by molar-refractivity contribution is -0.137. The molecule has 1 aromatic rings. The molecular weight excluding hydrogens is 314 g/mol. The molecule has 0 spiro atoms. The van der Waals surface area contributed by atoms with Crippen molar-refractivity contribution in [3.8, 4) is 0 Å². The lowest BCUT2D eigenvalue weighted by Crippen LogP contribution is -2.36. The van der Waals surface area contributed by atoms with Crippen LogP contribution >= 0.6 is 0 Å². The van der Waals surface area contributed by atoms with Crippen molar-refractivity contribution in [2.45, 2.75) is 56.7 Å². The second-order valence-corrected chi connectivity index (χ2v) is 8.06. The Hall–Kier alpha value is -1.40. The molecule has 128 valence electrons. The summed E-state index contributed by atoms with van der Waals surface area (Å²) >= 11 is 0. The van der Waals surface area contributed by atoms with E-state index in [0.29, 0.717) is 13.0 Å². The van der Waals surface area contributed by atoms with Crippen molar-refractivity contribution in [3.63, 3.8) is 0 Å². The van der Waals surface area contributed by atoms with Gasteiger partial charge in [0.15, 0.2) is 0 Å². The smallest absolute Gasteiger partial charge is 0.303 e. The van der Waals surface area contributed by atoms with Gasteiger partial charge >= 0.3 is 5.97 Å². The molecule has 1 unspecified atom stereocenters. The molecule has 0 amide bonds. The van der Waals surface area contributed by atoms with Gasteiger partial charge in [0, 0.05) is 19.0 Å². The molecule has 1 N–H and O–H groups in total. The van der Waals surface area contributed by atoms with Crippen LogP contribution in [0.1, 0.15) is 50.5 Å². The molecule has 0 saturated carbocycles. The molecule has 0 aromatic heterocycles. The number of aliphatic carboxylic acids is 1. The van der Waals surface area contributed by atoms with Crippen LogP contribution in [0.2, 0.25) is 0 Å². The lowest BCUT2D eigenvalue weighted by atomic mass is 10.1. The molecule has 0 bridgehead atoms. The van der Waals surface area contributed by atoms with Gasteiger partial charge in [-0.3, -0.25) is 4.79 Å². The quantitative estimate of drug-likeness (QED) is 0.702. The number of benzene rings is 1. The molecule has 1 saturated heterocycles. The monoisotopic (exact) mass is 339 g/mol.